The third-order valence-corrected chi connectivity index (χ3v) is 3.63. The van der Waals surface area contributed by atoms with Crippen molar-refractivity contribution in [2.24, 2.45) is 10.4 Å². The number of nitrogens with zero attached hydrogens (tertiary/aromatic N) is 2. The highest BCUT2D eigenvalue weighted by Gasteiger charge is 2.50. The number of rotatable bonds is 5. The summed E-state index contributed by atoms with van der Waals surface area (Å²) in [5.74, 6) is 0.653. The van der Waals surface area contributed by atoms with Gasteiger partial charge in [0.1, 0.15) is 0 Å². The van der Waals surface area contributed by atoms with Crippen LogP contribution in [0, 0.1) is 5.41 Å². The smallest absolute Gasteiger partial charge is 0.245 e. The van der Waals surface area contributed by atoms with Crippen LogP contribution in [0.15, 0.2) is 35.3 Å². The average Bonchev–Trinajstić information content (AvgIpc) is 3.20. The van der Waals surface area contributed by atoms with Crippen LogP contribution in [0.4, 0.5) is 8.78 Å². The molecule has 20 heavy (non-hydrogen) atoms. The van der Waals surface area contributed by atoms with Crippen molar-refractivity contribution in [1.82, 2.24) is 10.2 Å². The van der Waals surface area contributed by atoms with Gasteiger partial charge in [0.25, 0.3) is 0 Å². The molecule has 0 radical (unpaired) electrons. The van der Waals surface area contributed by atoms with Gasteiger partial charge in [-0.25, -0.2) is 13.8 Å². The van der Waals surface area contributed by atoms with Gasteiger partial charge in [0.05, 0.1) is 6.54 Å². The molecule has 2 rings (SSSR count). The van der Waals surface area contributed by atoms with Gasteiger partial charge in [0, 0.05) is 26.1 Å². The molecule has 1 aliphatic carbocycles. The van der Waals surface area contributed by atoms with Gasteiger partial charge >= 0.3 is 0 Å². The Hall–Kier alpha value is -1.65. The SMILES string of the molecule is CN(C)C(=NCc1ccccc1)NCC1(C(F)F)CC1. The van der Waals surface area contributed by atoms with Crippen molar-refractivity contribution in [2.75, 3.05) is 20.6 Å². The minimum absolute atomic E-state index is 0.288. The summed E-state index contributed by atoms with van der Waals surface area (Å²) < 4.78 is 25.8. The van der Waals surface area contributed by atoms with Gasteiger partial charge in [-0.3, -0.25) is 0 Å². The van der Waals surface area contributed by atoms with Crippen molar-refractivity contribution in [1.29, 1.82) is 0 Å². The first kappa shape index (κ1) is 14.8. The molecule has 0 saturated heterocycles. The van der Waals surface area contributed by atoms with Crippen LogP contribution in [0.1, 0.15) is 18.4 Å². The van der Waals surface area contributed by atoms with Gasteiger partial charge in [0.2, 0.25) is 6.43 Å². The molecule has 0 spiro atoms. The van der Waals surface area contributed by atoms with Crippen molar-refractivity contribution in [2.45, 2.75) is 25.8 Å². The topological polar surface area (TPSA) is 27.6 Å². The molecule has 1 aromatic rings. The number of benzene rings is 1. The molecule has 3 nitrogen and oxygen atoms in total. The minimum Gasteiger partial charge on any atom is -0.355 e. The van der Waals surface area contributed by atoms with E-state index in [1.54, 1.807) is 0 Å². The first-order valence-electron chi connectivity index (χ1n) is 6.81. The molecule has 0 aromatic heterocycles. The molecule has 1 saturated carbocycles. The number of halogens is 2. The van der Waals surface area contributed by atoms with Gasteiger partial charge in [-0.15, -0.1) is 0 Å². The van der Waals surface area contributed by atoms with Crippen LogP contribution in [0.25, 0.3) is 0 Å². The maximum atomic E-state index is 12.9. The molecule has 0 aliphatic heterocycles. The Labute approximate surface area is 118 Å². The molecule has 1 aromatic carbocycles. The summed E-state index contributed by atoms with van der Waals surface area (Å²) in [6.45, 7) is 0.833. The summed E-state index contributed by atoms with van der Waals surface area (Å²) in [7, 11) is 3.72. The largest absolute Gasteiger partial charge is 0.355 e. The fourth-order valence-electron chi connectivity index (χ4n) is 1.99. The molecule has 0 bridgehead atoms. The standard InChI is InChI=1S/C15H21F2N3/c1-20(2)14(18-10-12-6-4-3-5-7-12)19-11-15(8-9-15)13(16)17/h3-7,13H,8-11H2,1-2H3,(H,18,19). The average molecular weight is 281 g/mol. The number of hydrogen-bond acceptors (Lipinski definition) is 1. The monoisotopic (exact) mass is 281 g/mol. The quantitative estimate of drug-likeness (QED) is 0.664. The first-order valence-corrected chi connectivity index (χ1v) is 6.81. The van der Waals surface area contributed by atoms with Gasteiger partial charge in [-0.05, 0) is 18.4 Å². The van der Waals surface area contributed by atoms with Crippen LogP contribution < -0.4 is 5.32 Å². The molecule has 1 aliphatic rings. The van der Waals surface area contributed by atoms with Crippen molar-refractivity contribution < 1.29 is 8.78 Å². The van der Waals surface area contributed by atoms with Crippen molar-refractivity contribution >= 4 is 5.96 Å². The molecule has 110 valence electrons. The second kappa shape index (κ2) is 6.20. The molecule has 0 unspecified atom stereocenters. The van der Waals surface area contributed by atoms with Crippen LogP contribution >= 0.6 is 0 Å². The summed E-state index contributed by atoms with van der Waals surface area (Å²) in [5, 5.41) is 3.07. The van der Waals surface area contributed by atoms with Crippen LogP contribution in [-0.2, 0) is 6.54 Å². The van der Waals surface area contributed by atoms with Crippen LogP contribution in [-0.4, -0.2) is 37.9 Å². The maximum Gasteiger partial charge on any atom is 0.245 e. The maximum absolute atomic E-state index is 12.9. The van der Waals surface area contributed by atoms with Crippen molar-refractivity contribution in [3.05, 3.63) is 35.9 Å². The van der Waals surface area contributed by atoms with Crippen molar-refractivity contribution in [3.63, 3.8) is 0 Å². The van der Waals surface area contributed by atoms with E-state index in [9.17, 15) is 8.78 Å². The highest BCUT2D eigenvalue weighted by Crippen LogP contribution is 2.50. The normalized spacial score (nSPS) is 17.1. The molecular weight excluding hydrogens is 260 g/mol. The van der Waals surface area contributed by atoms with Gasteiger partial charge < -0.3 is 10.2 Å². The number of hydrogen-bond donors (Lipinski definition) is 1. The number of alkyl halides is 2. The summed E-state index contributed by atoms with van der Waals surface area (Å²) in [6.07, 6.45) is -1.07. The Morgan fingerprint density at radius 2 is 1.95 bits per heavy atom. The van der Waals surface area contributed by atoms with Gasteiger partial charge in [-0.1, -0.05) is 30.3 Å². The fourth-order valence-corrected chi connectivity index (χ4v) is 1.99. The van der Waals surface area contributed by atoms with Crippen LogP contribution in [0.5, 0.6) is 0 Å². The Bertz CT molecular complexity index is 453. The first-order chi connectivity index (χ1) is 9.53. The lowest BCUT2D eigenvalue weighted by Gasteiger charge is -2.21. The van der Waals surface area contributed by atoms with E-state index >= 15 is 0 Å². The predicted octanol–water partition coefficient (Wildman–Crippen LogP) is 2.74. The lowest BCUT2D eigenvalue weighted by Crippen LogP contribution is -2.41. The fraction of sp³-hybridized carbons (Fsp3) is 0.533. The van der Waals surface area contributed by atoms with E-state index in [1.165, 1.54) is 0 Å². The van der Waals surface area contributed by atoms with Crippen LogP contribution in [0.2, 0.25) is 0 Å². The zero-order chi connectivity index (χ0) is 14.6. The molecule has 1 fully saturated rings. The Morgan fingerprint density at radius 1 is 1.30 bits per heavy atom. The van der Waals surface area contributed by atoms with E-state index < -0.39 is 11.8 Å². The van der Waals surface area contributed by atoms with Crippen LogP contribution in [0.3, 0.4) is 0 Å². The van der Waals surface area contributed by atoms with E-state index in [0.717, 1.165) is 5.56 Å². The molecular formula is C15H21F2N3. The highest BCUT2D eigenvalue weighted by molar-refractivity contribution is 5.79. The summed E-state index contributed by atoms with van der Waals surface area (Å²) in [4.78, 5) is 6.29. The van der Waals surface area contributed by atoms with E-state index in [0.29, 0.717) is 25.3 Å². The molecule has 5 heteroatoms. The van der Waals surface area contributed by atoms with Gasteiger partial charge in [-0.2, -0.15) is 0 Å². The lowest BCUT2D eigenvalue weighted by molar-refractivity contribution is 0.0636. The second-order valence-corrected chi connectivity index (χ2v) is 5.54. The number of nitrogens with one attached hydrogen (secondary N) is 1. The van der Waals surface area contributed by atoms with E-state index in [4.69, 9.17) is 0 Å². The minimum atomic E-state index is -2.26. The Kier molecular flexibility index (Phi) is 4.57. The molecule has 0 atom stereocenters. The summed E-state index contributed by atoms with van der Waals surface area (Å²) in [6, 6.07) is 9.88. The van der Waals surface area contributed by atoms with E-state index in [-0.39, 0.29) is 6.54 Å². The second-order valence-electron chi connectivity index (χ2n) is 5.54. The Morgan fingerprint density at radius 3 is 2.45 bits per heavy atom. The van der Waals surface area contributed by atoms with E-state index in [1.807, 2.05) is 49.3 Å². The zero-order valence-corrected chi connectivity index (χ0v) is 11.9. The third kappa shape index (κ3) is 3.68. The third-order valence-electron chi connectivity index (χ3n) is 3.63. The summed E-state index contributed by atoms with van der Waals surface area (Å²) >= 11 is 0. The lowest BCUT2D eigenvalue weighted by atomic mass is 10.1. The Balaban J connectivity index is 1.94. The predicted molar refractivity (Wildman–Crippen MR) is 76.9 cm³/mol. The number of aliphatic imine (C=N–C) groups is 1. The highest BCUT2D eigenvalue weighted by atomic mass is 19.3. The zero-order valence-electron chi connectivity index (χ0n) is 11.9. The summed E-state index contributed by atoms with van der Waals surface area (Å²) in [5.41, 5.74) is 0.271. The van der Waals surface area contributed by atoms with Crippen molar-refractivity contribution in [3.8, 4) is 0 Å². The van der Waals surface area contributed by atoms with E-state index in [2.05, 4.69) is 10.3 Å². The van der Waals surface area contributed by atoms with Gasteiger partial charge in [0.15, 0.2) is 5.96 Å². The molecule has 0 amide bonds. The molecule has 0 heterocycles. The molecule has 1 N–H and O–H groups in total. The number of guanidine groups is 1.